The highest BCUT2D eigenvalue weighted by Crippen LogP contribution is 2.38. The molecule has 0 unspecified atom stereocenters. The highest BCUT2D eigenvalue weighted by Gasteiger charge is 2.37. The summed E-state index contributed by atoms with van der Waals surface area (Å²) in [7, 11) is -5.83. The second kappa shape index (κ2) is 9.71. The molecule has 3 aromatic rings. The highest BCUT2D eigenvalue weighted by molar-refractivity contribution is 7.92. The predicted octanol–water partition coefficient (Wildman–Crippen LogP) is 4.31. The molecule has 0 saturated heterocycles. The van der Waals surface area contributed by atoms with Crippen molar-refractivity contribution in [3.63, 3.8) is 0 Å². The second-order valence-electron chi connectivity index (χ2n) is 8.22. The zero-order chi connectivity index (χ0) is 25.2. The molecule has 8 nitrogen and oxygen atoms in total. The largest absolute Gasteiger partial charge is 0.497 e. The molecule has 1 aliphatic heterocycles. The van der Waals surface area contributed by atoms with E-state index in [0.717, 1.165) is 15.5 Å². The summed E-state index contributed by atoms with van der Waals surface area (Å²) in [4.78, 5) is 0.149. The monoisotopic (exact) mass is 513 g/mol. The summed E-state index contributed by atoms with van der Waals surface area (Å²) < 4.78 is 60.2. The number of hydrazone groups is 1. The van der Waals surface area contributed by atoms with Crippen LogP contribution in [0.4, 0.5) is 5.69 Å². The van der Waals surface area contributed by atoms with E-state index in [2.05, 4.69) is 9.82 Å². The highest BCUT2D eigenvalue weighted by atomic mass is 32.2. The third kappa shape index (κ3) is 5.33. The molecule has 0 radical (unpaired) electrons. The lowest BCUT2D eigenvalue weighted by atomic mass is 9.99. The van der Waals surface area contributed by atoms with E-state index in [4.69, 9.17) is 4.74 Å². The van der Waals surface area contributed by atoms with Gasteiger partial charge >= 0.3 is 0 Å². The van der Waals surface area contributed by atoms with Crippen LogP contribution in [0.15, 0.2) is 82.8 Å². The van der Waals surface area contributed by atoms with E-state index >= 15 is 0 Å². The van der Waals surface area contributed by atoms with Crippen LogP contribution in [0.3, 0.4) is 0 Å². The number of sulfonamides is 2. The molecular weight excluding hydrogens is 486 g/mol. The van der Waals surface area contributed by atoms with Gasteiger partial charge in [-0.05, 0) is 61.4 Å². The molecule has 1 aliphatic rings. The predicted molar refractivity (Wildman–Crippen MR) is 137 cm³/mol. The first-order valence-electron chi connectivity index (χ1n) is 11.1. The van der Waals surface area contributed by atoms with Crippen molar-refractivity contribution in [1.82, 2.24) is 4.41 Å². The van der Waals surface area contributed by atoms with Crippen molar-refractivity contribution in [1.29, 1.82) is 0 Å². The summed E-state index contributed by atoms with van der Waals surface area (Å²) in [5.74, 6) is 0.608. The fourth-order valence-corrected chi connectivity index (χ4v) is 5.85. The van der Waals surface area contributed by atoms with Crippen LogP contribution in [0.5, 0.6) is 5.75 Å². The number of hydrogen-bond acceptors (Lipinski definition) is 6. The second-order valence-corrected chi connectivity index (χ2v) is 12.0. The molecule has 0 aromatic heterocycles. The van der Waals surface area contributed by atoms with Gasteiger partial charge in [0.05, 0.1) is 29.5 Å². The summed E-state index contributed by atoms with van der Waals surface area (Å²) in [5, 5.41) is 4.54. The summed E-state index contributed by atoms with van der Waals surface area (Å²) in [6.45, 7) is 3.45. The Morgan fingerprint density at radius 3 is 2.31 bits per heavy atom. The van der Waals surface area contributed by atoms with Crippen LogP contribution in [0.25, 0.3) is 0 Å². The van der Waals surface area contributed by atoms with Gasteiger partial charge in [0, 0.05) is 12.1 Å². The van der Waals surface area contributed by atoms with Crippen LogP contribution < -0.4 is 9.46 Å². The summed E-state index contributed by atoms with van der Waals surface area (Å²) in [6, 6.07) is 20.1. The van der Waals surface area contributed by atoms with E-state index in [-0.39, 0.29) is 10.6 Å². The van der Waals surface area contributed by atoms with E-state index < -0.39 is 26.1 Å². The van der Waals surface area contributed by atoms with Crippen LogP contribution in [-0.2, 0) is 20.0 Å². The lowest BCUT2D eigenvalue weighted by molar-refractivity contribution is 0.370. The number of methoxy groups -OCH3 is 1. The van der Waals surface area contributed by atoms with Gasteiger partial charge < -0.3 is 4.74 Å². The fraction of sp³-hybridized carbons (Fsp3) is 0.240. The van der Waals surface area contributed by atoms with Crippen molar-refractivity contribution in [3.8, 4) is 5.75 Å². The molecule has 1 atom stereocenters. The van der Waals surface area contributed by atoms with Crippen molar-refractivity contribution >= 4 is 31.4 Å². The molecule has 0 spiro atoms. The van der Waals surface area contributed by atoms with Crippen LogP contribution >= 0.6 is 0 Å². The van der Waals surface area contributed by atoms with Gasteiger partial charge in [0.15, 0.2) is 0 Å². The smallest absolute Gasteiger partial charge is 0.279 e. The number of rotatable bonds is 8. The topological polar surface area (TPSA) is 105 Å². The maximum atomic E-state index is 13.6. The number of anilines is 1. The molecule has 184 valence electrons. The van der Waals surface area contributed by atoms with Gasteiger partial charge in [-0.3, -0.25) is 4.72 Å². The molecule has 1 heterocycles. The van der Waals surface area contributed by atoms with E-state index in [1.165, 1.54) is 0 Å². The zero-order valence-corrected chi connectivity index (χ0v) is 21.3. The standard InChI is InChI=1S/C25H27N3O5S2/c1-4-34(29,30)27-21-7-5-6-20(16-21)24-17-25(19-10-12-22(33-3)13-11-19)28(26-24)35(31,32)23-14-8-18(2)9-15-23/h5-16,25,27H,4,17H2,1-3H3/t25-/m1/s1. The molecule has 4 rings (SSSR count). The average molecular weight is 514 g/mol. The van der Waals surface area contributed by atoms with Crippen molar-refractivity contribution in [2.45, 2.75) is 31.2 Å². The van der Waals surface area contributed by atoms with Gasteiger partial charge in [-0.1, -0.05) is 42.0 Å². The first-order valence-corrected chi connectivity index (χ1v) is 14.2. The van der Waals surface area contributed by atoms with E-state index in [1.54, 1.807) is 74.7 Å². The lowest BCUT2D eigenvalue weighted by Gasteiger charge is -2.23. The van der Waals surface area contributed by atoms with Gasteiger partial charge in [-0.2, -0.15) is 17.9 Å². The number of ether oxygens (including phenoxy) is 1. The van der Waals surface area contributed by atoms with Crippen molar-refractivity contribution in [2.24, 2.45) is 5.10 Å². The third-order valence-electron chi connectivity index (χ3n) is 5.79. The molecule has 0 fully saturated rings. The van der Waals surface area contributed by atoms with Crippen LogP contribution in [0.1, 0.15) is 36.1 Å². The molecule has 0 aliphatic carbocycles. The molecule has 0 amide bonds. The minimum absolute atomic E-state index is 0.0553. The molecule has 3 aromatic carbocycles. The Morgan fingerprint density at radius 1 is 1.00 bits per heavy atom. The summed E-state index contributed by atoms with van der Waals surface area (Å²) in [6.07, 6.45) is 0.321. The SMILES string of the molecule is CCS(=O)(=O)Nc1cccc(C2=NN(S(=O)(=O)c3ccc(C)cc3)[C@@H](c3ccc(OC)cc3)C2)c1. The van der Waals surface area contributed by atoms with Crippen LogP contribution in [0, 0.1) is 6.92 Å². The van der Waals surface area contributed by atoms with Gasteiger partial charge in [0.25, 0.3) is 10.0 Å². The van der Waals surface area contributed by atoms with E-state index in [1.807, 2.05) is 19.1 Å². The van der Waals surface area contributed by atoms with Crippen molar-refractivity contribution < 1.29 is 21.6 Å². The Balaban J connectivity index is 1.76. The maximum absolute atomic E-state index is 13.6. The van der Waals surface area contributed by atoms with Gasteiger partial charge in [0.1, 0.15) is 5.75 Å². The molecule has 35 heavy (non-hydrogen) atoms. The van der Waals surface area contributed by atoms with Gasteiger partial charge in [0.2, 0.25) is 10.0 Å². The van der Waals surface area contributed by atoms with Gasteiger partial charge in [-0.15, -0.1) is 0 Å². The van der Waals surface area contributed by atoms with Crippen molar-refractivity contribution in [3.05, 3.63) is 89.5 Å². The number of benzene rings is 3. The Kier molecular flexibility index (Phi) is 6.86. The maximum Gasteiger partial charge on any atom is 0.279 e. The molecule has 10 heteroatoms. The fourth-order valence-electron chi connectivity index (χ4n) is 3.79. The first-order chi connectivity index (χ1) is 16.6. The minimum Gasteiger partial charge on any atom is -0.497 e. The van der Waals surface area contributed by atoms with E-state index in [0.29, 0.717) is 29.1 Å². The lowest BCUT2D eigenvalue weighted by Crippen LogP contribution is -2.27. The number of nitrogens with one attached hydrogen (secondary N) is 1. The summed E-state index contributed by atoms with van der Waals surface area (Å²) >= 11 is 0. The third-order valence-corrected chi connectivity index (χ3v) is 8.79. The average Bonchev–Trinajstić information content (AvgIpc) is 3.31. The Morgan fingerprint density at radius 2 is 1.69 bits per heavy atom. The Hall–Kier alpha value is -3.37. The van der Waals surface area contributed by atoms with Crippen LogP contribution in [-0.4, -0.2) is 39.8 Å². The first kappa shape index (κ1) is 24.7. The number of nitrogens with zero attached hydrogens (tertiary/aromatic N) is 2. The zero-order valence-electron chi connectivity index (χ0n) is 19.7. The Labute approximate surface area is 206 Å². The molecule has 1 N–H and O–H groups in total. The van der Waals surface area contributed by atoms with Crippen molar-refractivity contribution in [2.75, 3.05) is 17.6 Å². The number of hydrogen-bond donors (Lipinski definition) is 1. The van der Waals surface area contributed by atoms with Gasteiger partial charge in [-0.25, -0.2) is 8.42 Å². The molecule has 0 bridgehead atoms. The normalized spacial score (nSPS) is 16.1. The Bertz CT molecular complexity index is 1450. The number of aryl methyl sites for hydroxylation is 1. The van der Waals surface area contributed by atoms with Crippen LogP contribution in [0.2, 0.25) is 0 Å². The molecule has 0 saturated carbocycles. The molecular formula is C25H27N3O5S2. The summed E-state index contributed by atoms with van der Waals surface area (Å²) in [5.41, 5.74) is 3.30. The minimum atomic E-state index is -3.95. The quantitative estimate of drug-likeness (QED) is 0.483. The van der Waals surface area contributed by atoms with E-state index in [9.17, 15) is 16.8 Å².